The number of ether oxygens (including phenoxy) is 1. The van der Waals surface area contributed by atoms with E-state index in [9.17, 15) is 34.8 Å². The number of aromatic hydroxyl groups is 1. The molecule has 1 aromatic rings. The van der Waals surface area contributed by atoms with Gasteiger partial charge in [0.15, 0.2) is 0 Å². The first-order chi connectivity index (χ1) is 15.7. The number of nitrogens with zero attached hydrogens (tertiary/aromatic N) is 1. The van der Waals surface area contributed by atoms with E-state index in [2.05, 4.69) is 4.74 Å². The van der Waals surface area contributed by atoms with Crippen LogP contribution in [-0.2, 0) is 14.3 Å². The zero-order valence-electron chi connectivity index (χ0n) is 18.6. The molecule has 2 aliphatic rings. The van der Waals surface area contributed by atoms with Gasteiger partial charge in [0.25, 0.3) is 0 Å². The molecule has 0 aromatic heterocycles. The van der Waals surface area contributed by atoms with Gasteiger partial charge in [-0.15, -0.1) is 0 Å². The standard InChI is InChI=1S/C24H29NO8/c1-13(8-14-4-3-5-16(28)9-14)6-7-19(29)20-15(11-26)10-17-21(18(20)12-27)23(31)25(22(17)30)24(32)33-2/h3-5,8-9,17-19,21,26-29H,6-7,10-12H2,1-2H3/b13-8+/t17-,18+,19-,21-/m1/s1. The Morgan fingerprint density at radius 2 is 2.00 bits per heavy atom. The first-order valence-corrected chi connectivity index (χ1v) is 10.8. The third-order valence-corrected chi connectivity index (χ3v) is 6.38. The lowest BCUT2D eigenvalue weighted by Crippen LogP contribution is -2.40. The number of carbonyl (C=O) groups is 3. The maximum absolute atomic E-state index is 12.9. The van der Waals surface area contributed by atoms with Gasteiger partial charge < -0.3 is 25.2 Å². The van der Waals surface area contributed by atoms with Crippen LogP contribution in [0.1, 0.15) is 31.7 Å². The smallest absolute Gasteiger partial charge is 0.423 e. The van der Waals surface area contributed by atoms with Crippen LogP contribution in [0, 0.1) is 17.8 Å². The summed E-state index contributed by atoms with van der Waals surface area (Å²) >= 11 is 0. The van der Waals surface area contributed by atoms with Crippen LogP contribution in [0.3, 0.4) is 0 Å². The Kier molecular flexibility index (Phi) is 7.68. The number of aliphatic hydroxyl groups excluding tert-OH is 3. The van der Waals surface area contributed by atoms with Gasteiger partial charge in [0, 0.05) is 5.92 Å². The number of likely N-dealkylation sites (tertiary alicyclic amines) is 1. The quantitative estimate of drug-likeness (QED) is 0.355. The number of carbonyl (C=O) groups excluding carboxylic acids is 3. The van der Waals surface area contributed by atoms with Crippen LogP contribution in [0.25, 0.3) is 6.08 Å². The fourth-order valence-corrected chi connectivity index (χ4v) is 4.87. The summed E-state index contributed by atoms with van der Waals surface area (Å²) in [7, 11) is 1.06. The summed E-state index contributed by atoms with van der Waals surface area (Å²) in [6.07, 6.45) is 0.481. The second kappa shape index (κ2) is 10.3. The highest BCUT2D eigenvalue weighted by molar-refractivity contribution is 6.15. The van der Waals surface area contributed by atoms with Crippen LogP contribution >= 0.6 is 0 Å². The fourth-order valence-electron chi connectivity index (χ4n) is 4.87. The van der Waals surface area contributed by atoms with Crippen molar-refractivity contribution in [1.82, 2.24) is 4.90 Å². The Hall–Kier alpha value is -3.01. The van der Waals surface area contributed by atoms with Crippen molar-refractivity contribution in [3.8, 4) is 5.75 Å². The molecular weight excluding hydrogens is 430 g/mol. The van der Waals surface area contributed by atoms with Crippen molar-refractivity contribution in [2.45, 2.75) is 32.3 Å². The molecule has 4 N–H and O–H groups in total. The molecule has 3 amide bonds. The number of rotatable bonds is 7. The van der Waals surface area contributed by atoms with Gasteiger partial charge in [0.2, 0.25) is 11.8 Å². The maximum atomic E-state index is 12.9. The minimum Gasteiger partial charge on any atom is -0.508 e. The highest BCUT2D eigenvalue weighted by atomic mass is 16.5. The van der Waals surface area contributed by atoms with Gasteiger partial charge in [-0.3, -0.25) is 9.59 Å². The van der Waals surface area contributed by atoms with E-state index in [0.717, 1.165) is 18.2 Å². The number of methoxy groups -OCH3 is 1. The van der Waals surface area contributed by atoms with Crippen molar-refractivity contribution in [3.05, 3.63) is 46.5 Å². The molecule has 1 fully saturated rings. The van der Waals surface area contributed by atoms with Gasteiger partial charge in [-0.1, -0.05) is 23.8 Å². The van der Waals surface area contributed by atoms with Crippen molar-refractivity contribution < 1.29 is 39.5 Å². The first kappa shape index (κ1) is 24.6. The van der Waals surface area contributed by atoms with Crippen molar-refractivity contribution in [3.63, 3.8) is 0 Å². The average molecular weight is 459 g/mol. The first-order valence-electron chi connectivity index (χ1n) is 10.8. The number of phenols is 1. The van der Waals surface area contributed by atoms with Crippen LogP contribution in [-0.4, -0.2) is 69.7 Å². The second-order valence-corrected chi connectivity index (χ2v) is 8.46. The van der Waals surface area contributed by atoms with Crippen LogP contribution < -0.4 is 0 Å². The zero-order chi connectivity index (χ0) is 24.3. The van der Waals surface area contributed by atoms with E-state index in [1.54, 1.807) is 18.2 Å². The summed E-state index contributed by atoms with van der Waals surface area (Å²) in [6, 6.07) is 6.75. The van der Waals surface area contributed by atoms with Gasteiger partial charge in [-0.05, 0) is 55.0 Å². The molecule has 0 spiro atoms. The maximum Gasteiger partial charge on any atom is 0.423 e. The number of allylic oxidation sites excluding steroid dienone is 1. The van der Waals surface area contributed by atoms with E-state index < -0.39 is 55.0 Å². The van der Waals surface area contributed by atoms with E-state index in [1.807, 2.05) is 19.1 Å². The SMILES string of the molecule is COC(=O)N1C(=O)[C@@H]2[C@@H](CC(CO)=C([C@H](O)CC/C(C)=C/c3cccc(O)c3)[C@@H]2CO)C1=O. The van der Waals surface area contributed by atoms with Crippen molar-refractivity contribution in [1.29, 1.82) is 0 Å². The molecule has 178 valence electrons. The molecule has 0 saturated carbocycles. The van der Waals surface area contributed by atoms with Crippen molar-refractivity contribution in [2.75, 3.05) is 20.3 Å². The van der Waals surface area contributed by atoms with E-state index in [-0.39, 0.29) is 18.6 Å². The summed E-state index contributed by atoms with van der Waals surface area (Å²) < 4.78 is 4.55. The van der Waals surface area contributed by atoms with E-state index in [4.69, 9.17) is 0 Å². The summed E-state index contributed by atoms with van der Waals surface area (Å²) in [4.78, 5) is 38.0. The number of benzene rings is 1. The Balaban J connectivity index is 1.82. The van der Waals surface area contributed by atoms with E-state index in [1.165, 1.54) is 0 Å². The molecule has 1 aromatic carbocycles. The normalized spacial score (nSPS) is 24.2. The molecule has 9 nitrogen and oxygen atoms in total. The lowest BCUT2D eigenvalue weighted by atomic mass is 9.68. The number of phenolic OH excluding ortho intramolecular Hbond substituents is 1. The fraction of sp³-hybridized carbons (Fsp3) is 0.458. The number of amides is 3. The second-order valence-electron chi connectivity index (χ2n) is 8.46. The van der Waals surface area contributed by atoms with Crippen LogP contribution in [0.4, 0.5) is 4.79 Å². The summed E-state index contributed by atoms with van der Waals surface area (Å²) in [6.45, 7) is 0.916. The summed E-state index contributed by atoms with van der Waals surface area (Å²) in [5.74, 6) is -4.15. The molecule has 0 radical (unpaired) electrons. The molecule has 1 saturated heterocycles. The molecule has 33 heavy (non-hydrogen) atoms. The molecule has 1 heterocycles. The third kappa shape index (κ3) is 4.85. The predicted molar refractivity (Wildman–Crippen MR) is 118 cm³/mol. The number of hydrogen-bond acceptors (Lipinski definition) is 8. The van der Waals surface area contributed by atoms with Crippen LogP contribution in [0.5, 0.6) is 5.75 Å². The molecule has 9 heteroatoms. The van der Waals surface area contributed by atoms with Gasteiger partial charge in [0.1, 0.15) is 5.75 Å². The third-order valence-electron chi connectivity index (χ3n) is 6.38. The Morgan fingerprint density at radius 3 is 2.61 bits per heavy atom. The average Bonchev–Trinajstić information content (AvgIpc) is 3.05. The predicted octanol–water partition coefficient (Wildman–Crippen LogP) is 1.61. The topological polar surface area (TPSA) is 145 Å². The molecule has 4 atom stereocenters. The largest absolute Gasteiger partial charge is 0.508 e. The van der Waals surface area contributed by atoms with Crippen molar-refractivity contribution >= 4 is 24.0 Å². The van der Waals surface area contributed by atoms with E-state index in [0.29, 0.717) is 22.5 Å². The minimum atomic E-state index is -1.09. The Labute approximate surface area is 191 Å². The van der Waals surface area contributed by atoms with Crippen molar-refractivity contribution in [2.24, 2.45) is 17.8 Å². The van der Waals surface area contributed by atoms with Gasteiger partial charge in [-0.2, -0.15) is 4.90 Å². The number of fused-ring (bicyclic) bond motifs is 1. The van der Waals surface area contributed by atoms with Gasteiger partial charge in [-0.25, -0.2) is 4.79 Å². The Morgan fingerprint density at radius 1 is 1.27 bits per heavy atom. The lowest BCUT2D eigenvalue weighted by molar-refractivity contribution is -0.137. The van der Waals surface area contributed by atoms with Crippen LogP contribution in [0.2, 0.25) is 0 Å². The highest BCUT2D eigenvalue weighted by Crippen LogP contribution is 2.46. The summed E-state index contributed by atoms with van der Waals surface area (Å²) in [5, 5.41) is 40.6. The molecule has 1 aliphatic heterocycles. The number of imide groups is 3. The molecule has 3 rings (SSSR count). The monoisotopic (exact) mass is 459 g/mol. The minimum absolute atomic E-state index is 0.0141. The number of hydrogen-bond donors (Lipinski definition) is 4. The van der Waals surface area contributed by atoms with Gasteiger partial charge in [0.05, 0.1) is 38.3 Å². The van der Waals surface area contributed by atoms with E-state index >= 15 is 0 Å². The molecular formula is C24H29NO8. The molecule has 0 unspecified atom stereocenters. The van der Waals surface area contributed by atoms with Gasteiger partial charge >= 0.3 is 6.09 Å². The zero-order valence-corrected chi connectivity index (χ0v) is 18.6. The van der Waals surface area contributed by atoms with Crippen LogP contribution in [0.15, 0.2) is 41.0 Å². The Bertz CT molecular complexity index is 998. The lowest BCUT2D eigenvalue weighted by Gasteiger charge is -2.36. The highest BCUT2D eigenvalue weighted by Gasteiger charge is 2.57. The molecule has 1 aliphatic carbocycles. The summed E-state index contributed by atoms with van der Waals surface area (Å²) in [5.41, 5.74) is 2.48. The number of aliphatic hydroxyl groups is 3. The molecule has 0 bridgehead atoms.